The normalized spacial score (nSPS) is 21.0. The third kappa shape index (κ3) is 2.26. The number of fused-ring (bicyclic) bond motifs is 3. The number of hydrogen-bond donors (Lipinski definition) is 0. The highest BCUT2D eigenvalue weighted by molar-refractivity contribution is 7.07. The lowest BCUT2D eigenvalue weighted by molar-refractivity contribution is 0.174. The maximum absolute atomic E-state index is 2.75. The SMILES string of the molecule is Cc1ccc2c(c1)c1c3n2CCCN(Cc2ccsc2)C3CCC1. The summed E-state index contributed by atoms with van der Waals surface area (Å²) in [5, 5.41) is 6.04. The number of nitrogens with zero attached hydrogens (tertiary/aromatic N) is 2. The largest absolute Gasteiger partial charge is 0.343 e. The van der Waals surface area contributed by atoms with Crippen LogP contribution in [0.5, 0.6) is 0 Å². The summed E-state index contributed by atoms with van der Waals surface area (Å²) >= 11 is 1.82. The van der Waals surface area contributed by atoms with Gasteiger partial charge in [-0.15, -0.1) is 0 Å². The lowest BCUT2D eigenvalue weighted by atomic mass is 9.90. The van der Waals surface area contributed by atoms with E-state index in [0.717, 1.165) is 6.54 Å². The van der Waals surface area contributed by atoms with Gasteiger partial charge < -0.3 is 4.57 Å². The van der Waals surface area contributed by atoms with Crippen LogP contribution in [0.1, 0.15) is 47.7 Å². The van der Waals surface area contributed by atoms with Gasteiger partial charge in [0.25, 0.3) is 0 Å². The number of hydrogen-bond acceptors (Lipinski definition) is 2. The molecule has 1 atom stereocenters. The van der Waals surface area contributed by atoms with Crippen molar-refractivity contribution in [3.8, 4) is 0 Å². The molecule has 0 saturated carbocycles. The van der Waals surface area contributed by atoms with Crippen molar-refractivity contribution in [1.82, 2.24) is 9.47 Å². The van der Waals surface area contributed by atoms with Crippen molar-refractivity contribution in [1.29, 1.82) is 0 Å². The van der Waals surface area contributed by atoms with Gasteiger partial charge in [0.2, 0.25) is 0 Å². The molecule has 2 nitrogen and oxygen atoms in total. The first kappa shape index (κ1) is 14.7. The lowest BCUT2D eigenvalue weighted by Crippen LogP contribution is -2.30. The van der Waals surface area contributed by atoms with Gasteiger partial charge >= 0.3 is 0 Å². The molecule has 1 aliphatic carbocycles. The second-order valence-corrected chi connectivity index (χ2v) is 8.18. The summed E-state index contributed by atoms with van der Waals surface area (Å²) in [5.41, 5.74) is 7.61. The number of thiophene rings is 1. The third-order valence-electron chi connectivity index (χ3n) is 5.82. The van der Waals surface area contributed by atoms with Gasteiger partial charge in [0.1, 0.15) is 0 Å². The molecule has 2 aromatic heterocycles. The highest BCUT2D eigenvalue weighted by Crippen LogP contribution is 2.42. The Morgan fingerprint density at radius 2 is 2.12 bits per heavy atom. The zero-order valence-corrected chi connectivity index (χ0v) is 15.1. The fraction of sp³-hybridized carbons (Fsp3) is 0.429. The van der Waals surface area contributed by atoms with E-state index in [9.17, 15) is 0 Å². The Morgan fingerprint density at radius 1 is 1.17 bits per heavy atom. The molecule has 124 valence electrons. The Morgan fingerprint density at radius 3 is 3.00 bits per heavy atom. The van der Waals surface area contributed by atoms with Crippen LogP contribution >= 0.6 is 11.3 Å². The lowest BCUT2D eigenvalue weighted by Gasteiger charge is -2.33. The first-order chi connectivity index (χ1) is 11.8. The van der Waals surface area contributed by atoms with Gasteiger partial charge in [0.15, 0.2) is 0 Å². The van der Waals surface area contributed by atoms with Crippen LogP contribution in [0.25, 0.3) is 10.9 Å². The summed E-state index contributed by atoms with van der Waals surface area (Å²) in [6, 6.07) is 9.94. The number of rotatable bonds is 2. The van der Waals surface area contributed by atoms with Crippen LogP contribution in [0, 0.1) is 6.92 Å². The maximum Gasteiger partial charge on any atom is 0.0507 e. The summed E-state index contributed by atoms with van der Waals surface area (Å²) in [6.45, 7) is 5.72. The summed E-state index contributed by atoms with van der Waals surface area (Å²) in [5.74, 6) is 0. The quantitative estimate of drug-likeness (QED) is 0.617. The second-order valence-electron chi connectivity index (χ2n) is 7.40. The van der Waals surface area contributed by atoms with E-state index in [1.54, 1.807) is 11.3 Å². The van der Waals surface area contributed by atoms with Gasteiger partial charge in [0.05, 0.1) is 6.04 Å². The summed E-state index contributed by atoms with van der Waals surface area (Å²) in [4.78, 5) is 2.75. The molecular formula is C21H24N2S. The maximum atomic E-state index is 2.75. The highest BCUT2D eigenvalue weighted by Gasteiger charge is 2.33. The van der Waals surface area contributed by atoms with Crippen molar-refractivity contribution >= 4 is 22.2 Å². The van der Waals surface area contributed by atoms with E-state index in [2.05, 4.69) is 51.4 Å². The molecule has 0 saturated heterocycles. The van der Waals surface area contributed by atoms with E-state index in [1.165, 1.54) is 60.8 Å². The molecule has 5 rings (SSSR count). The molecular weight excluding hydrogens is 312 g/mol. The number of benzene rings is 1. The van der Waals surface area contributed by atoms with Crippen LogP contribution in [-0.4, -0.2) is 16.0 Å². The Kier molecular flexibility index (Phi) is 3.53. The van der Waals surface area contributed by atoms with Crippen LogP contribution in [0.15, 0.2) is 35.0 Å². The van der Waals surface area contributed by atoms with Gasteiger partial charge in [-0.2, -0.15) is 11.3 Å². The van der Waals surface area contributed by atoms with Crippen molar-refractivity contribution in [3.63, 3.8) is 0 Å². The molecule has 1 aliphatic heterocycles. The minimum absolute atomic E-state index is 0.601. The molecule has 3 heteroatoms. The predicted octanol–water partition coefficient (Wildman–Crippen LogP) is 5.29. The van der Waals surface area contributed by atoms with Crippen molar-refractivity contribution in [2.24, 2.45) is 0 Å². The number of aryl methyl sites for hydroxylation is 3. The Bertz CT molecular complexity index is 871. The minimum Gasteiger partial charge on any atom is -0.343 e. The minimum atomic E-state index is 0.601. The van der Waals surface area contributed by atoms with Gasteiger partial charge in [-0.3, -0.25) is 4.90 Å². The monoisotopic (exact) mass is 336 g/mol. The van der Waals surface area contributed by atoms with Crippen LogP contribution in [0.3, 0.4) is 0 Å². The van der Waals surface area contributed by atoms with Gasteiger partial charge in [-0.1, -0.05) is 11.6 Å². The first-order valence-electron chi connectivity index (χ1n) is 9.18. The van der Waals surface area contributed by atoms with Crippen molar-refractivity contribution in [3.05, 3.63) is 57.4 Å². The van der Waals surface area contributed by atoms with E-state index in [1.807, 2.05) is 11.3 Å². The molecule has 0 radical (unpaired) electrons. The fourth-order valence-electron chi connectivity index (χ4n) is 4.80. The highest BCUT2D eigenvalue weighted by atomic mass is 32.1. The molecule has 1 aromatic carbocycles. The molecule has 0 N–H and O–H groups in total. The van der Waals surface area contributed by atoms with Crippen LogP contribution in [0.2, 0.25) is 0 Å². The molecule has 1 unspecified atom stereocenters. The zero-order valence-electron chi connectivity index (χ0n) is 14.3. The Labute approximate surface area is 147 Å². The van der Waals surface area contributed by atoms with E-state index < -0.39 is 0 Å². The van der Waals surface area contributed by atoms with E-state index in [-0.39, 0.29) is 0 Å². The molecule has 24 heavy (non-hydrogen) atoms. The smallest absolute Gasteiger partial charge is 0.0507 e. The van der Waals surface area contributed by atoms with Crippen molar-refractivity contribution in [2.45, 2.75) is 51.7 Å². The van der Waals surface area contributed by atoms with Crippen LogP contribution in [0.4, 0.5) is 0 Å². The zero-order chi connectivity index (χ0) is 16.1. The van der Waals surface area contributed by atoms with Gasteiger partial charge in [0, 0.05) is 36.2 Å². The summed E-state index contributed by atoms with van der Waals surface area (Å²) < 4.78 is 2.65. The molecule has 0 fully saturated rings. The van der Waals surface area contributed by atoms with Crippen LogP contribution in [-0.2, 0) is 19.5 Å². The van der Waals surface area contributed by atoms with Crippen LogP contribution < -0.4 is 0 Å². The molecule has 3 aromatic rings. The topological polar surface area (TPSA) is 8.17 Å². The van der Waals surface area contributed by atoms with E-state index in [4.69, 9.17) is 0 Å². The molecule has 0 bridgehead atoms. The third-order valence-corrected chi connectivity index (χ3v) is 6.55. The Balaban J connectivity index is 1.64. The standard InChI is InChI=1S/C21H24N2S/c1-15-6-7-19-18(12-15)17-4-2-5-20-21(17)23(19)10-3-9-22(20)13-16-8-11-24-14-16/h6-8,11-12,14,20H,2-5,9-10,13H2,1H3. The molecule has 0 amide bonds. The Hall–Kier alpha value is -1.58. The summed E-state index contributed by atoms with van der Waals surface area (Å²) in [7, 11) is 0. The molecule has 0 spiro atoms. The molecule has 2 aliphatic rings. The predicted molar refractivity (Wildman–Crippen MR) is 102 cm³/mol. The average molecular weight is 337 g/mol. The van der Waals surface area contributed by atoms with E-state index in [0.29, 0.717) is 6.04 Å². The fourth-order valence-corrected chi connectivity index (χ4v) is 5.46. The second kappa shape index (κ2) is 5.75. The van der Waals surface area contributed by atoms with E-state index >= 15 is 0 Å². The summed E-state index contributed by atoms with van der Waals surface area (Å²) in [6.07, 6.45) is 5.15. The number of aromatic nitrogens is 1. The average Bonchev–Trinajstić information content (AvgIpc) is 3.15. The van der Waals surface area contributed by atoms with Gasteiger partial charge in [-0.05, 0) is 72.7 Å². The van der Waals surface area contributed by atoms with Crippen molar-refractivity contribution < 1.29 is 0 Å². The first-order valence-corrected chi connectivity index (χ1v) is 10.1. The van der Waals surface area contributed by atoms with Gasteiger partial charge in [-0.25, -0.2) is 0 Å². The molecule has 3 heterocycles. The van der Waals surface area contributed by atoms with Crippen molar-refractivity contribution in [2.75, 3.05) is 6.54 Å².